The van der Waals surface area contributed by atoms with E-state index in [2.05, 4.69) is 33.2 Å². The van der Waals surface area contributed by atoms with Gasteiger partial charge in [-0.25, -0.2) is 14.5 Å². The molecule has 11 heteroatoms. The van der Waals surface area contributed by atoms with Crippen molar-refractivity contribution >= 4 is 40.0 Å². The van der Waals surface area contributed by atoms with Crippen LogP contribution in [0, 0.1) is 6.92 Å². The predicted molar refractivity (Wildman–Crippen MR) is 183 cm³/mol. The van der Waals surface area contributed by atoms with Crippen molar-refractivity contribution in [2.24, 2.45) is 0 Å². The Morgan fingerprint density at radius 1 is 1.00 bits per heavy atom. The number of urea groups is 1. The van der Waals surface area contributed by atoms with Crippen LogP contribution in [0.25, 0.3) is 16.5 Å². The molecule has 1 aliphatic rings. The quantitative estimate of drug-likeness (QED) is 0.136. The van der Waals surface area contributed by atoms with Gasteiger partial charge in [-0.15, -0.1) is 0 Å². The van der Waals surface area contributed by atoms with Gasteiger partial charge in [-0.1, -0.05) is 55.3 Å². The van der Waals surface area contributed by atoms with E-state index in [0.29, 0.717) is 42.8 Å². The number of unbranched alkanes of at least 4 members (excludes halogenated alkanes) is 1. The molecule has 0 bridgehead atoms. The molecule has 1 aliphatic heterocycles. The number of carbonyl (C=O) groups excluding carboxylic acids is 2. The third-order valence-corrected chi connectivity index (χ3v) is 7.91. The van der Waals surface area contributed by atoms with Gasteiger partial charge in [-0.2, -0.15) is 5.10 Å². The van der Waals surface area contributed by atoms with Crippen molar-refractivity contribution < 1.29 is 19.1 Å². The van der Waals surface area contributed by atoms with Crippen LogP contribution < -0.4 is 26.0 Å². The fraction of sp³-hybridized carbons (Fsp3) is 0.278. The summed E-state index contributed by atoms with van der Waals surface area (Å²) in [5, 5.41) is 18.5. The number of ether oxygens (including phenoxy) is 2. The van der Waals surface area contributed by atoms with E-state index in [4.69, 9.17) is 14.6 Å². The highest BCUT2D eigenvalue weighted by atomic mass is 16.5. The van der Waals surface area contributed by atoms with Crippen molar-refractivity contribution in [3.05, 3.63) is 102 Å². The summed E-state index contributed by atoms with van der Waals surface area (Å²) in [5.41, 5.74) is 4.44. The summed E-state index contributed by atoms with van der Waals surface area (Å²) in [6, 6.07) is 24.3. The average molecular weight is 634 g/mol. The molecule has 0 spiro atoms. The van der Waals surface area contributed by atoms with Gasteiger partial charge in [0.25, 0.3) is 0 Å². The number of aromatic nitrogens is 3. The Bertz CT molecular complexity index is 1850. The SMILES string of the molecule is CCCCc1cc(NC(=O)Nc2ccc(OCc3ccnc(NC(=O)[C@H]4COCCN4)c3)c3ccccc23)n(-c2ccc(C)cc2)n1. The first-order valence-electron chi connectivity index (χ1n) is 15.9. The van der Waals surface area contributed by atoms with Crippen molar-refractivity contribution in [1.82, 2.24) is 20.1 Å². The molecule has 0 radical (unpaired) electrons. The summed E-state index contributed by atoms with van der Waals surface area (Å²) in [5.74, 6) is 1.51. The maximum Gasteiger partial charge on any atom is 0.324 e. The lowest BCUT2D eigenvalue weighted by Crippen LogP contribution is -2.48. The Hall–Kier alpha value is -5.26. The standard InChI is InChI=1S/C36H39N7O4/c1-3-4-7-26-21-34(43(42-26)27-12-10-24(2)11-13-27)41-36(45)39-30-14-15-32(29-9-6-5-8-28(29)30)47-22-25-16-17-38-33(20-25)40-35(44)31-23-46-19-18-37-31/h5-6,8-17,20-21,31,37H,3-4,7,18-19,22-23H2,1-2H3,(H,38,40,44)(H2,39,41,45)/t31-/m1/s1. The number of rotatable bonds is 11. The van der Waals surface area contributed by atoms with Gasteiger partial charge in [0.15, 0.2) is 0 Å². The molecule has 4 N–H and O–H groups in total. The Kier molecular flexibility index (Phi) is 10.0. The van der Waals surface area contributed by atoms with Gasteiger partial charge in [0.1, 0.15) is 30.0 Å². The second-order valence-corrected chi connectivity index (χ2v) is 11.5. The molecule has 1 fully saturated rings. The number of aryl methyl sites for hydroxylation is 2. The largest absolute Gasteiger partial charge is 0.488 e. The number of anilines is 3. The fourth-order valence-corrected chi connectivity index (χ4v) is 5.40. The molecule has 0 aliphatic carbocycles. The minimum absolute atomic E-state index is 0.190. The zero-order valence-electron chi connectivity index (χ0n) is 26.6. The summed E-state index contributed by atoms with van der Waals surface area (Å²) >= 11 is 0. The van der Waals surface area contributed by atoms with Gasteiger partial charge >= 0.3 is 6.03 Å². The lowest BCUT2D eigenvalue weighted by Gasteiger charge is -2.22. The van der Waals surface area contributed by atoms with Gasteiger partial charge in [-0.05, 0) is 61.7 Å². The van der Waals surface area contributed by atoms with Crippen LogP contribution in [-0.2, 0) is 22.6 Å². The van der Waals surface area contributed by atoms with Crippen molar-refractivity contribution in [2.45, 2.75) is 45.8 Å². The number of fused-ring (bicyclic) bond motifs is 1. The minimum Gasteiger partial charge on any atom is -0.488 e. The van der Waals surface area contributed by atoms with Gasteiger partial charge < -0.3 is 25.4 Å². The molecule has 242 valence electrons. The molecule has 0 unspecified atom stereocenters. The molecule has 1 atom stereocenters. The zero-order chi connectivity index (χ0) is 32.6. The highest BCUT2D eigenvalue weighted by molar-refractivity contribution is 6.07. The predicted octanol–water partition coefficient (Wildman–Crippen LogP) is 6.22. The number of amides is 3. The van der Waals surface area contributed by atoms with E-state index in [0.717, 1.165) is 52.5 Å². The van der Waals surface area contributed by atoms with Crippen LogP contribution in [0.3, 0.4) is 0 Å². The molecule has 5 aromatic rings. The first-order chi connectivity index (χ1) is 23.0. The Morgan fingerprint density at radius 2 is 1.83 bits per heavy atom. The Morgan fingerprint density at radius 3 is 2.62 bits per heavy atom. The Balaban J connectivity index is 1.14. The highest BCUT2D eigenvalue weighted by Gasteiger charge is 2.21. The van der Waals surface area contributed by atoms with Crippen molar-refractivity contribution in [3.63, 3.8) is 0 Å². The topological polar surface area (TPSA) is 131 Å². The summed E-state index contributed by atoms with van der Waals surface area (Å²) < 4.78 is 13.4. The molecule has 2 aromatic heterocycles. The van der Waals surface area contributed by atoms with Crippen LogP contribution in [0.5, 0.6) is 5.75 Å². The lowest BCUT2D eigenvalue weighted by molar-refractivity contribution is -0.120. The van der Waals surface area contributed by atoms with Crippen molar-refractivity contribution in [3.8, 4) is 11.4 Å². The number of benzene rings is 3. The van der Waals surface area contributed by atoms with Crippen LogP contribution in [0.15, 0.2) is 85.1 Å². The van der Waals surface area contributed by atoms with Crippen LogP contribution in [-0.4, -0.2) is 52.5 Å². The zero-order valence-corrected chi connectivity index (χ0v) is 26.6. The number of morpholine rings is 1. The van der Waals surface area contributed by atoms with Gasteiger partial charge in [0, 0.05) is 29.6 Å². The lowest BCUT2D eigenvalue weighted by atomic mass is 10.1. The first kappa shape index (κ1) is 31.7. The molecule has 3 heterocycles. The van der Waals surface area contributed by atoms with E-state index in [9.17, 15) is 9.59 Å². The molecule has 0 saturated carbocycles. The third-order valence-electron chi connectivity index (χ3n) is 7.91. The molecule has 6 rings (SSSR count). The molecule has 3 aromatic carbocycles. The normalized spacial score (nSPS) is 14.5. The number of carbonyl (C=O) groups is 2. The van der Waals surface area contributed by atoms with Crippen molar-refractivity contribution in [2.75, 3.05) is 35.7 Å². The van der Waals surface area contributed by atoms with Gasteiger partial charge in [0.05, 0.1) is 30.3 Å². The number of hydrogen-bond donors (Lipinski definition) is 4. The molecule has 1 saturated heterocycles. The third kappa shape index (κ3) is 7.94. The van der Waals surface area contributed by atoms with Crippen LogP contribution in [0.4, 0.5) is 22.1 Å². The first-order valence-corrected chi connectivity index (χ1v) is 15.9. The van der Waals surface area contributed by atoms with Crippen LogP contribution in [0.1, 0.15) is 36.6 Å². The van der Waals surface area contributed by atoms with E-state index < -0.39 is 6.04 Å². The molecule has 47 heavy (non-hydrogen) atoms. The number of nitrogens with zero attached hydrogens (tertiary/aromatic N) is 3. The molecule has 11 nitrogen and oxygen atoms in total. The monoisotopic (exact) mass is 633 g/mol. The van der Waals surface area contributed by atoms with E-state index >= 15 is 0 Å². The van der Waals surface area contributed by atoms with E-state index in [1.165, 1.54) is 0 Å². The Labute approximate surface area is 273 Å². The summed E-state index contributed by atoms with van der Waals surface area (Å²) in [7, 11) is 0. The summed E-state index contributed by atoms with van der Waals surface area (Å²) in [6.45, 7) is 5.99. The smallest absolute Gasteiger partial charge is 0.324 e. The second-order valence-electron chi connectivity index (χ2n) is 11.5. The van der Waals surface area contributed by atoms with Gasteiger partial charge in [0.2, 0.25) is 5.91 Å². The maximum absolute atomic E-state index is 13.4. The molecule has 3 amide bonds. The number of nitrogens with one attached hydrogen (secondary N) is 4. The minimum atomic E-state index is -0.412. The molecular weight excluding hydrogens is 594 g/mol. The number of hydrogen-bond acceptors (Lipinski definition) is 7. The fourth-order valence-electron chi connectivity index (χ4n) is 5.40. The maximum atomic E-state index is 13.4. The van der Waals surface area contributed by atoms with Crippen molar-refractivity contribution in [1.29, 1.82) is 0 Å². The van der Waals surface area contributed by atoms with Crippen LogP contribution >= 0.6 is 0 Å². The summed E-state index contributed by atoms with van der Waals surface area (Å²) in [6.07, 6.45) is 4.55. The number of pyridine rings is 1. The highest BCUT2D eigenvalue weighted by Crippen LogP contribution is 2.32. The van der Waals surface area contributed by atoms with Gasteiger partial charge in [-0.3, -0.25) is 10.1 Å². The second kappa shape index (κ2) is 14.9. The van der Waals surface area contributed by atoms with Crippen LogP contribution in [0.2, 0.25) is 0 Å². The average Bonchev–Trinajstić information content (AvgIpc) is 3.49. The summed E-state index contributed by atoms with van der Waals surface area (Å²) in [4.78, 5) is 30.2. The molecular formula is C36H39N7O4. The van der Waals surface area contributed by atoms with E-state index in [-0.39, 0.29) is 18.5 Å². The van der Waals surface area contributed by atoms with E-state index in [1.807, 2.05) is 79.7 Å². The van der Waals surface area contributed by atoms with E-state index in [1.54, 1.807) is 16.9 Å².